The van der Waals surface area contributed by atoms with E-state index in [0.717, 1.165) is 0 Å². The number of carbonyl (C=O) groups is 1. The third-order valence-corrected chi connectivity index (χ3v) is 0.434. The third kappa shape index (κ3) is 6.14. The second-order valence-corrected chi connectivity index (χ2v) is 2.99. The van der Waals surface area contributed by atoms with E-state index in [9.17, 15) is 4.79 Å². The van der Waals surface area contributed by atoms with E-state index in [-0.39, 0.29) is 0 Å². The van der Waals surface area contributed by atoms with Gasteiger partial charge in [0.25, 0.3) is 0 Å². The molecule has 0 bridgehead atoms. The van der Waals surface area contributed by atoms with Gasteiger partial charge in [-0.15, -0.1) is 0 Å². The van der Waals surface area contributed by atoms with Crippen LogP contribution in [-0.4, -0.2) is 15.2 Å². The van der Waals surface area contributed by atoms with Gasteiger partial charge in [-0.2, -0.15) is 0 Å². The molecule has 0 amide bonds. The number of rotatable bonds is 0. The fourth-order valence-electron chi connectivity index (χ4n) is 0.0990. The number of ether oxygens (including phenoxy) is 1. The average molecular weight is 179 g/mol. The highest BCUT2D eigenvalue weighted by molar-refractivity contribution is 6.66. The Morgan fingerprint density at radius 2 is 1.88 bits per heavy atom. The quantitative estimate of drug-likeness (QED) is 0.457. The Hall–Kier alpha value is 0.140. The Balaban J connectivity index is 3.55. The molecule has 0 saturated heterocycles. The Kier molecular flexibility index (Phi) is 2.66. The monoisotopic (exact) mass is 178 g/mol. The second kappa shape index (κ2) is 2.62. The first kappa shape index (κ1) is 8.14. The molecule has 0 heterocycles. The molecule has 0 aliphatic rings. The molecule has 0 unspecified atom stereocenters. The first-order valence-electron chi connectivity index (χ1n) is 1.40. The van der Waals surface area contributed by atoms with Crippen molar-refractivity contribution in [2.75, 3.05) is 0 Å². The van der Waals surface area contributed by atoms with Crippen LogP contribution in [0.25, 0.3) is 0 Å². The molecule has 0 aliphatic heterocycles. The van der Waals surface area contributed by atoms with E-state index < -0.39 is 10.1 Å². The van der Waals surface area contributed by atoms with Gasteiger partial charge in [0.15, 0.2) is 0 Å². The average Bonchev–Trinajstić information content (AvgIpc) is 1.21. The lowest BCUT2D eigenvalue weighted by atomic mass is 11.3. The number of hydrogen-bond acceptors (Lipinski definition) is 2. The molecule has 1 N–H and O–H groups in total. The summed E-state index contributed by atoms with van der Waals surface area (Å²) in [6, 6.07) is 0. The topological polar surface area (TPSA) is 46.5 Å². The predicted molar refractivity (Wildman–Crippen MR) is 29.4 cm³/mol. The highest BCUT2D eigenvalue weighted by Gasteiger charge is 2.24. The first-order chi connectivity index (χ1) is 3.42. The summed E-state index contributed by atoms with van der Waals surface area (Å²) in [5, 5.41) is 7.77. The zero-order valence-electron chi connectivity index (χ0n) is 3.40. The van der Waals surface area contributed by atoms with Crippen molar-refractivity contribution < 1.29 is 14.6 Å². The summed E-state index contributed by atoms with van der Waals surface area (Å²) in [6.45, 7) is 0. The fourth-order valence-corrected chi connectivity index (χ4v) is 0.297. The van der Waals surface area contributed by atoms with Crippen molar-refractivity contribution in [1.82, 2.24) is 0 Å². The lowest BCUT2D eigenvalue weighted by Crippen LogP contribution is -2.13. The largest absolute Gasteiger partial charge is 0.509 e. The Morgan fingerprint density at radius 3 is 1.88 bits per heavy atom. The normalized spacial score (nSPS) is 10.9. The van der Waals surface area contributed by atoms with Crippen LogP contribution >= 0.6 is 34.8 Å². The molecule has 0 aromatic carbocycles. The summed E-state index contributed by atoms with van der Waals surface area (Å²) in [6.07, 6.45) is -1.62. The van der Waals surface area contributed by atoms with Gasteiger partial charge in [0, 0.05) is 0 Å². The molecule has 0 aliphatic carbocycles. The van der Waals surface area contributed by atoms with Gasteiger partial charge in [0.2, 0.25) is 0 Å². The van der Waals surface area contributed by atoms with Gasteiger partial charge in [-0.25, -0.2) is 4.79 Å². The molecule has 0 saturated carbocycles. The number of alkyl halides is 3. The molecule has 0 aromatic heterocycles. The van der Waals surface area contributed by atoms with Gasteiger partial charge >= 0.3 is 10.1 Å². The third-order valence-electron chi connectivity index (χ3n) is 0.203. The molecule has 0 atom stereocenters. The zero-order chi connectivity index (χ0) is 6.78. The maximum absolute atomic E-state index is 9.54. The minimum absolute atomic E-state index is 1.62. The van der Waals surface area contributed by atoms with Gasteiger partial charge in [-0.05, 0) is 34.8 Å². The predicted octanol–water partition coefficient (Wildman–Crippen LogP) is 2.01. The highest BCUT2D eigenvalue weighted by Crippen LogP contribution is 2.26. The van der Waals surface area contributed by atoms with Crippen LogP contribution in [-0.2, 0) is 4.74 Å². The van der Waals surface area contributed by atoms with E-state index in [4.69, 9.17) is 39.9 Å². The van der Waals surface area contributed by atoms with E-state index in [0.29, 0.717) is 0 Å². The van der Waals surface area contributed by atoms with Crippen molar-refractivity contribution in [3.05, 3.63) is 0 Å². The standard InChI is InChI=1S/C2HCl3O3/c3-2(4,5)8-1(6)7/h(H,6,7). The van der Waals surface area contributed by atoms with Gasteiger partial charge in [-0.3, -0.25) is 0 Å². The van der Waals surface area contributed by atoms with E-state index in [1.807, 2.05) is 0 Å². The zero-order valence-corrected chi connectivity index (χ0v) is 5.67. The molecule has 6 heteroatoms. The van der Waals surface area contributed by atoms with Crippen LogP contribution in [0.5, 0.6) is 0 Å². The summed E-state index contributed by atoms with van der Waals surface area (Å²) < 4.78 is 1.49. The van der Waals surface area contributed by atoms with Crippen LogP contribution in [0.15, 0.2) is 0 Å². The van der Waals surface area contributed by atoms with E-state index in [1.54, 1.807) is 0 Å². The van der Waals surface area contributed by atoms with E-state index in [1.165, 1.54) is 0 Å². The van der Waals surface area contributed by atoms with Crippen LogP contribution in [0.4, 0.5) is 4.79 Å². The molecule has 8 heavy (non-hydrogen) atoms. The number of hydrogen-bond donors (Lipinski definition) is 1. The maximum Gasteiger partial charge on any atom is 0.509 e. The summed E-state index contributed by atoms with van der Waals surface area (Å²) >= 11 is 14.6. The molecule has 0 radical (unpaired) electrons. The summed E-state index contributed by atoms with van der Waals surface area (Å²) in [5.41, 5.74) is 0. The molecule has 48 valence electrons. The van der Waals surface area contributed by atoms with Crippen molar-refractivity contribution >= 4 is 41.0 Å². The van der Waals surface area contributed by atoms with Crippen LogP contribution in [0, 0.1) is 0 Å². The minimum atomic E-state index is -2.16. The molecule has 0 fully saturated rings. The highest BCUT2D eigenvalue weighted by atomic mass is 35.6. The number of halogens is 3. The van der Waals surface area contributed by atoms with Crippen LogP contribution in [0.3, 0.4) is 0 Å². The summed E-state index contributed by atoms with van der Waals surface area (Å²) in [4.78, 5) is 9.54. The Morgan fingerprint density at radius 1 is 1.50 bits per heavy atom. The van der Waals surface area contributed by atoms with Gasteiger partial charge < -0.3 is 9.84 Å². The van der Waals surface area contributed by atoms with Gasteiger partial charge in [0.05, 0.1) is 0 Å². The van der Waals surface area contributed by atoms with Crippen molar-refractivity contribution in [2.45, 2.75) is 3.98 Å². The minimum Gasteiger partial charge on any atom is -0.450 e. The smallest absolute Gasteiger partial charge is 0.450 e. The van der Waals surface area contributed by atoms with E-state index >= 15 is 0 Å². The SMILES string of the molecule is O=C(O)OC(Cl)(Cl)Cl. The van der Waals surface area contributed by atoms with Crippen molar-refractivity contribution in [3.63, 3.8) is 0 Å². The van der Waals surface area contributed by atoms with Crippen LogP contribution < -0.4 is 0 Å². The van der Waals surface area contributed by atoms with Crippen molar-refractivity contribution in [2.24, 2.45) is 0 Å². The molecule has 3 nitrogen and oxygen atoms in total. The fraction of sp³-hybridized carbons (Fsp3) is 0.500. The first-order valence-corrected chi connectivity index (χ1v) is 2.54. The maximum atomic E-state index is 9.54. The summed E-state index contributed by atoms with van der Waals surface area (Å²) in [7, 11) is 0. The molecule has 0 rings (SSSR count). The van der Waals surface area contributed by atoms with Crippen molar-refractivity contribution in [3.8, 4) is 0 Å². The number of carboxylic acid groups (broad SMARTS) is 1. The Bertz CT molecular complexity index is 95.2. The molecule has 0 spiro atoms. The van der Waals surface area contributed by atoms with Crippen LogP contribution in [0.1, 0.15) is 0 Å². The molecular formula is C2HCl3O3. The van der Waals surface area contributed by atoms with Gasteiger partial charge in [-0.1, -0.05) is 0 Å². The summed E-state index contributed by atoms with van der Waals surface area (Å²) in [5.74, 6) is 0. The van der Waals surface area contributed by atoms with Gasteiger partial charge in [0.1, 0.15) is 0 Å². The second-order valence-electron chi connectivity index (χ2n) is 0.814. The molecular weight excluding hydrogens is 178 g/mol. The lowest BCUT2D eigenvalue weighted by molar-refractivity contribution is 0.0893. The van der Waals surface area contributed by atoms with Crippen LogP contribution in [0.2, 0.25) is 0 Å². The molecule has 0 aromatic rings. The van der Waals surface area contributed by atoms with E-state index in [2.05, 4.69) is 4.74 Å². The Labute approximate surface area is 60.1 Å². The lowest BCUT2D eigenvalue weighted by Gasteiger charge is -2.06. The van der Waals surface area contributed by atoms with Crippen molar-refractivity contribution in [1.29, 1.82) is 0 Å².